The molecule has 0 aromatic heterocycles. The van der Waals surface area contributed by atoms with Crippen molar-refractivity contribution in [2.24, 2.45) is 4.99 Å². The quantitative estimate of drug-likeness (QED) is 0.879. The Balaban J connectivity index is 2.32. The topological polar surface area (TPSA) is 53.5 Å². The van der Waals surface area contributed by atoms with Crippen molar-refractivity contribution in [2.45, 2.75) is 13.0 Å². The van der Waals surface area contributed by atoms with Crippen LogP contribution in [0.4, 0.5) is 0 Å². The standard InChI is InChI=1S/C11H11BrClN3O/c1-2-14-11-15-9(10(17)16-11)7-5-6(13)3-4-8(7)12/h3-5,9H,2H2,1H3,(H2,14,15,16,17). The first-order valence-electron chi connectivity index (χ1n) is 5.18. The summed E-state index contributed by atoms with van der Waals surface area (Å²) in [5, 5.41) is 6.31. The molecule has 0 radical (unpaired) electrons. The second kappa shape index (κ2) is 5.06. The predicted molar refractivity (Wildman–Crippen MR) is 71.1 cm³/mol. The van der Waals surface area contributed by atoms with Gasteiger partial charge in [0, 0.05) is 16.0 Å². The van der Waals surface area contributed by atoms with Gasteiger partial charge in [-0.15, -0.1) is 0 Å². The molecule has 0 aliphatic carbocycles. The van der Waals surface area contributed by atoms with E-state index in [1.54, 1.807) is 12.1 Å². The molecule has 1 aliphatic heterocycles. The van der Waals surface area contributed by atoms with Crippen LogP contribution in [-0.2, 0) is 4.79 Å². The number of hydrogen-bond acceptors (Lipinski definition) is 2. The van der Waals surface area contributed by atoms with E-state index in [9.17, 15) is 4.79 Å². The third-order valence-corrected chi connectivity index (χ3v) is 3.33. The maximum absolute atomic E-state index is 11.8. The average Bonchev–Trinajstić information content (AvgIpc) is 2.64. The zero-order valence-electron chi connectivity index (χ0n) is 9.13. The van der Waals surface area contributed by atoms with Gasteiger partial charge in [0.2, 0.25) is 0 Å². The van der Waals surface area contributed by atoms with Crippen molar-refractivity contribution in [3.05, 3.63) is 33.3 Å². The van der Waals surface area contributed by atoms with Gasteiger partial charge in [-0.3, -0.25) is 15.1 Å². The van der Waals surface area contributed by atoms with Gasteiger partial charge in [-0.2, -0.15) is 0 Å². The van der Waals surface area contributed by atoms with Crippen LogP contribution in [0.25, 0.3) is 0 Å². The van der Waals surface area contributed by atoms with Crippen molar-refractivity contribution in [1.82, 2.24) is 10.6 Å². The molecule has 1 heterocycles. The normalized spacial score (nSPS) is 21.5. The molecule has 6 heteroatoms. The van der Waals surface area contributed by atoms with Gasteiger partial charge < -0.3 is 5.32 Å². The Bertz CT molecular complexity index is 490. The van der Waals surface area contributed by atoms with Crippen LogP contribution in [0.1, 0.15) is 18.5 Å². The number of rotatable bonds is 2. The molecule has 1 amide bonds. The van der Waals surface area contributed by atoms with Gasteiger partial charge in [0.1, 0.15) is 6.04 Å². The molecule has 4 nitrogen and oxygen atoms in total. The third kappa shape index (κ3) is 2.61. The molecule has 2 rings (SSSR count). The highest BCUT2D eigenvalue weighted by atomic mass is 79.9. The van der Waals surface area contributed by atoms with Gasteiger partial charge in [-0.1, -0.05) is 27.5 Å². The SMILES string of the molecule is CCN=C1NC(=O)C(c2cc(Cl)ccc2Br)N1. The Labute approximate surface area is 113 Å². The predicted octanol–water partition coefficient (Wildman–Crippen LogP) is 2.24. The minimum Gasteiger partial charge on any atom is -0.340 e. The maximum Gasteiger partial charge on any atom is 0.253 e. The molecule has 0 bridgehead atoms. The first-order valence-corrected chi connectivity index (χ1v) is 6.35. The van der Waals surface area contributed by atoms with Crippen molar-refractivity contribution in [3.63, 3.8) is 0 Å². The fourth-order valence-corrected chi connectivity index (χ4v) is 2.28. The third-order valence-electron chi connectivity index (χ3n) is 2.37. The van der Waals surface area contributed by atoms with Crippen molar-refractivity contribution in [2.75, 3.05) is 6.54 Å². The Kier molecular flexibility index (Phi) is 3.69. The Hall–Kier alpha value is -1.07. The van der Waals surface area contributed by atoms with E-state index in [2.05, 4.69) is 31.6 Å². The summed E-state index contributed by atoms with van der Waals surface area (Å²) in [6, 6.07) is 4.90. The van der Waals surface area contributed by atoms with Crippen LogP contribution in [0, 0.1) is 0 Å². The fraction of sp³-hybridized carbons (Fsp3) is 0.273. The minimum absolute atomic E-state index is 0.125. The highest BCUT2D eigenvalue weighted by Gasteiger charge is 2.30. The molecule has 1 aliphatic rings. The summed E-state index contributed by atoms with van der Waals surface area (Å²) in [6.45, 7) is 2.52. The fourth-order valence-electron chi connectivity index (χ4n) is 1.63. The molecule has 17 heavy (non-hydrogen) atoms. The summed E-state index contributed by atoms with van der Waals surface area (Å²) in [7, 11) is 0. The maximum atomic E-state index is 11.8. The summed E-state index contributed by atoms with van der Waals surface area (Å²) in [5.74, 6) is 0.384. The van der Waals surface area contributed by atoms with E-state index in [1.807, 2.05) is 13.0 Å². The van der Waals surface area contributed by atoms with E-state index in [4.69, 9.17) is 11.6 Å². The van der Waals surface area contributed by atoms with Crippen LogP contribution in [0.3, 0.4) is 0 Å². The van der Waals surface area contributed by atoms with Gasteiger partial charge in [-0.25, -0.2) is 0 Å². The van der Waals surface area contributed by atoms with E-state index in [0.717, 1.165) is 10.0 Å². The second-order valence-corrected chi connectivity index (χ2v) is 4.85. The number of carbonyl (C=O) groups excluding carboxylic acids is 1. The summed E-state index contributed by atoms with van der Waals surface area (Å²) >= 11 is 9.34. The zero-order valence-corrected chi connectivity index (χ0v) is 11.5. The number of nitrogens with one attached hydrogen (secondary N) is 2. The average molecular weight is 317 g/mol. The molecule has 1 fully saturated rings. The molecule has 0 saturated carbocycles. The van der Waals surface area contributed by atoms with Crippen LogP contribution in [0.5, 0.6) is 0 Å². The first-order chi connectivity index (χ1) is 8.11. The number of guanidine groups is 1. The van der Waals surface area contributed by atoms with Crippen LogP contribution in [0.2, 0.25) is 5.02 Å². The number of nitrogens with zero attached hydrogens (tertiary/aromatic N) is 1. The molecule has 1 atom stereocenters. The van der Waals surface area contributed by atoms with Gasteiger partial charge in [0.25, 0.3) is 5.91 Å². The van der Waals surface area contributed by atoms with Crippen molar-refractivity contribution in [1.29, 1.82) is 0 Å². The number of amides is 1. The van der Waals surface area contributed by atoms with Crippen molar-refractivity contribution in [3.8, 4) is 0 Å². The summed E-state index contributed by atoms with van der Waals surface area (Å²) in [6.07, 6.45) is 0. The van der Waals surface area contributed by atoms with E-state index in [-0.39, 0.29) is 5.91 Å². The van der Waals surface area contributed by atoms with Gasteiger partial charge in [0.15, 0.2) is 5.96 Å². The van der Waals surface area contributed by atoms with Crippen LogP contribution >= 0.6 is 27.5 Å². The molecule has 1 aromatic rings. The Morgan fingerprint density at radius 2 is 2.29 bits per heavy atom. The molecule has 0 spiro atoms. The number of hydrogen-bond donors (Lipinski definition) is 2. The van der Waals surface area contributed by atoms with Gasteiger partial charge >= 0.3 is 0 Å². The second-order valence-electron chi connectivity index (χ2n) is 3.56. The molecular formula is C11H11BrClN3O. The summed E-state index contributed by atoms with van der Waals surface area (Å²) in [5.41, 5.74) is 0.802. The molecular weight excluding hydrogens is 305 g/mol. The van der Waals surface area contributed by atoms with E-state index >= 15 is 0 Å². The largest absolute Gasteiger partial charge is 0.340 e. The van der Waals surface area contributed by atoms with Gasteiger partial charge in [0.05, 0.1) is 0 Å². The minimum atomic E-state index is -0.451. The molecule has 1 unspecified atom stereocenters. The number of benzene rings is 1. The molecule has 1 saturated heterocycles. The lowest BCUT2D eigenvalue weighted by Crippen LogP contribution is -2.25. The Morgan fingerprint density at radius 3 is 3.00 bits per heavy atom. The molecule has 90 valence electrons. The van der Waals surface area contributed by atoms with Gasteiger partial charge in [-0.05, 0) is 30.7 Å². The van der Waals surface area contributed by atoms with E-state index in [0.29, 0.717) is 17.5 Å². The zero-order chi connectivity index (χ0) is 12.4. The van der Waals surface area contributed by atoms with E-state index < -0.39 is 6.04 Å². The summed E-state index contributed by atoms with van der Waals surface area (Å²) in [4.78, 5) is 15.9. The van der Waals surface area contributed by atoms with Crippen molar-refractivity contribution < 1.29 is 4.79 Å². The first kappa shape index (κ1) is 12.4. The number of carbonyl (C=O) groups is 1. The number of halogens is 2. The van der Waals surface area contributed by atoms with E-state index in [1.165, 1.54) is 0 Å². The van der Waals surface area contributed by atoms with Crippen LogP contribution < -0.4 is 10.6 Å². The monoisotopic (exact) mass is 315 g/mol. The lowest BCUT2D eigenvalue weighted by molar-refractivity contribution is -0.120. The highest BCUT2D eigenvalue weighted by Crippen LogP contribution is 2.28. The lowest BCUT2D eigenvalue weighted by atomic mass is 10.1. The van der Waals surface area contributed by atoms with Crippen LogP contribution in [0.15, 0.2) is 27.7 Å². The molecule has 2 N–H and O–H groups in total. The van der Waals surface area contributed by atoms with Crippen molar-refractivity contribution >= 4 is 39.4 Å². The lowest BCUT2D eigenvalue weighted by Gasteiger charge is -2.10. The highest BCUT2D eigenvalue weighted by molar-refractivity contribution is 9.10. The van der Waals surface area contributed by atoms with Crippen LogP contribution in [-0.4, -0.2) is 18.4 Å². The number of aliphatic imine (C=N–C) groups is 1. The summed E-state index contributed by atoms with van der Waals surface area (Å²) < 4.78 is 0.840. The molecule has 1 aromatic carbocycles. The smallest absolute Gasteiger partial charge is 0.253 e. The Morgan fingerprint density at radius 1 is 1.53 bits per heavy atom.